The molecule has 1 saturated heterocycles. The van der Waals surface area contributed by atoms with Crippen LogP contribution in [0.2, 0.25) is 0 Å². The van der Waals surface area contributed by atoms with E-state index in [1.54, 1.807) is 4.90 Å². The van der Waals surface area contributed by atoms with E-state index in [2.05, 4.69) is 15.0 Å². The molecule has 1 fully saturated rings. The number of nitrogens with one attached hydrogen (secondary N) is 2. The van der Waals surface area contributed by atoms with Crippen LogP contribution in [-0.4, -0.2) is 51.5 Å². The van der Waals surface area contributed by atoms with Gasteiger partial charge in [-0.2, -0.15) is 0 Å². The molecule has 1 aromatic carbocycles. The first-order valence-corrected chi connectivity index (χ1v) is 7.68. The van der Waals surface area contributed by atoms with Crippen LogP contribution in [0.4, 0.5) is 5.69 Å². The van der Waals surface area contributed by atoms with E-state index >= 15 is 0 Å². The van der Waals surface area contributed by atoms with Crippen LogP contribution in [0.5, 0.6) is 0 Å². The molecule has 0 unspecified atom stereocenters. The van der Waals surface area contributed by atoms with Crippen molar-refractivity contribution in [1.29, 1.82) is 0 Å². The summed E-state index contributed by atoms with van der Waals surface area (Å²) in [5.41, 5.74) is -1.25. The molecule has 1 aliphatic heterocycles. The lowest BCUT2D eigenvalue weighted by Gasteiger charge is -2.13. The van der Waals surface area contributed by atoms with Gasteiger partial charge >= 0.3 is 11.1 Å². The van der Waals surface area contributed by atoms with E-state index in [9.17, 15) is 24.5 Å². The van der Waals surface area contributed by atoms with Gasteiger partial charge in [0.1, 0.15) is 0 Å². The molecule has 0 radical (unpaired) electrons. The highest BCUT2D eigenvalue weighted by molar-refractivity contribution is 5.97. The summed E-state index contributed by atoms with van der Waals surface area (Å²) >= 11 is 0. The summed E-state index contributed by atoms with van der Waals surface area (Å²) < 4.78 is 0. The monoisotopic (exact) mass is 345 g/mol. The summed E-state index contributed by atoms with van der Waals surface area (Å²) in [5.74, 6) is 0.0953. The molecule has 1 aromatic heterocycles. The fourth-order valence-corrected chi connectivity index (χ4v) is 2.73. The van der Waals surface area contributed by atoms with Crippen molar-refractivity contribution >= 4 is 28.8 Å². The van der Waals surface area contributed by atoms with Crippen molar-refractivity contribution in [3.8, 4) is 0 Å². The minimum Gasteiger partial charge on any atom is -0.341 e. The highest BCUT2D eigenvalue weighted by atomic mass is 16.6. The second-order valence-electron chi connectivity index (χ2n) is 5.64. The highest BCUT2D eigenvalue weighted by Crippen LogP contribution is 2.20. The maximum Gasteiger partial charge on any atom is 0.314 e. The van der Waals surface area contributed by atoms with Gasteiger partial charge in [0, 0.05) is 43.4 Å². The van der Waals surface area contributed by atoms with Crippen LogP contribution in [0.3, 0.4) is 0 Å². The molecule has 10 nitrogen and oxygen atoms in total. The average molecular weight is 345 g/mol. The van der Waals surface area contributed by atoms with Crippen molar-refractivity contribution < 1.29 is 9.72 Å². The zero-order chi connectivity index (χ0) is 18.0. The van der Waals surface area contributed by atoms with E-state index in [0.29, 0.717) is 31.6 Å². The molecule has 0 atom stereocenters. The molecule has 0 saturated carbocycles. The van der Waals surface area contributed by atoms with Gasteiger partial charge in [0.25, 0.3) is 5.69 Å². The van der Waals surface area contributed by atoms with Crippen LogP contribution < -0.4 is 11.1 Å². The summed E-state index contributed by atoms with van der Waals surface area (Å²) in [6.45, 7) is 1.52. The fraction of sp³-hybridized carbons (Fsp3) is 0.333. The predicted octanol–water partition coefficient (Wildman–Crippen LogP) is 0.166. The number of nitro benzene ring substituents is 1. The highest BCUT2D eigenvalue weighted by Gasteiger charge is 2.19. The van der Waals surface area contributed by atoms with Gasteiger partial charge < -0.3 is 14.9 Å². The molecule has 1 aliphatic rings. The summed E-state index contributed by atoms with van der Waals surface area (Å²) in [7, 11) is 0. The number of benzene rings is 1. The number of non-ortho nitro benzene ring substituents is 1. The summed E-state index contributed by atoms with van der Waals surface area (Å²) in [6.07, 6.45) is 2.78. The number of amides is 1. The number of rotatable bonds is 5. The van der Waals surface area contributed by atoms with Gasteiger partial charge in [-0.25, -0.2) is 0 Å². The normalized spacial score (nSPS) is 14.7. The molecule has 2 heterocycles. The molecule has 25 heavy (non-hydrogen) atoms. The lowest BCUT2D eigenvalue weighted by atomic mass is 10.1. The van der Waals surface area contributed by atoms with Crippen LogP contribution in [0.25, 0.3) is 11.0 Å². The number of aromatic nitrogens is 2. The molecule has 0 bridgehead atoms. The lowest BCUT2D eigenvalue weighted by molar-refractivity contribution is -0.384. The van der Waals surface area contributed by atoms with E-state index in [4.69, 9.17) is 0 Å². The van der Waals surface area contributed by atoms with E-state index in [-0.39, 0.29) is 22.6 Å². The van der Waals surface area contributed by atoms with Crippen molar-refractivity contribution in [2.45, 2.75) is 12.8 Å². The third-order valence-corrected chi connectivity index (χ3v) is 3.96. The lowest BCUT2D eigenvalue weighted by Crippen LogP contribution is -2.29. The minimum atomic E-state index is -0.886. The Morgan fingerprint density at radius 3 is 2.68 bits per heavy atom. The largest absolute Gasteiger partial charge is 0.341 e. The number of nitro groups is 1. The Morgan fingerprint density at radius 1 is 1.24 bits per heavy atom. The molecule has 2 aromatic rings. The Bertz CT molecular complexity index is 990. The number of likely N-dealkylation sites (tertiary alicyclic amines) is 1. The van der Waals surface area contributed by atoms with Gasteiger partial charge in [-0.1, -0.05) is 0 Å². The Labute approximate surface area is 140 Å². The molecule has 10 heteroatoms. The third kappa shape index (κ3) is 3.47. The number of hydrogen-bond acceptors (Lipinski definition) is 6. The van der Waals surface area contributed by atoms with Crippen molar-refractivity contribution in [2.24, 2.45) is 4.99 Å². The van der Waals surface area contributed by atoms with E-state index in [1.807, 2.05) is 0 Å². The zero-order valence-corrected chi connectivity index (χ0v) is 13.2. The summed E-state index contributed by atoms with van der Waals surface area (Å²) in [6, 6.07) is 2.44. The van der Waals surface area contributed by atoms with Crippen molar-refractivity contribution in [3.05, 3.63) is 48.5 Å². The number of carbonyl (C=O) groups is 1. The first-order valence-electron chi connectivity index (χ1n) is 7.68. The summed E-state index contributed by atoms with van der Waals surface area (Å²) in [4.78, 5) is 55.5. The smallest absolute Gasteiger partial charge is 0.314 e. The molecule has 1 amide bonds. The van der Waals surface area contributed by atoms with Gasteiger partial charge in [-0.15, -0.1) is 0 Å². The first kappa shape index (κ1) is 16.6. The minimum absolute atomic E-state index is 0.0953. The van der Waals surface area contributed by atoms with Gasteiger partial charge in [-0.3, -0.25) is 29.5 Å². The molecular formula is C15H15N5O5. The van der Waals surface area contributed by atoms with Gasteiger partial charge in [0.2, 0.25) is 5.91 Å². The molecule has 130 valence electrons. The number of carbonyl (C=O) groups excluding carboxylic acids is 1. The van der Waals surface area contributed by atoms with Crippen LogP contribution in [0.15, 0.2) is 26.7 Å². The first-order chi connectivity index (χ1) is 12.0. The molecule has 0 aliphatic carbocycles. The quantitative estimate of drug-likeness (QED) is 0.344. The second-order valence-corrected chi connectivity index (χ2v) is 5.64. The number of aliphatic imine (C=N–C) groups is 1. The Balaban J connectivity index is 1.90. The average Bonchev–Trinajstić information content (AvgIpc) is 2.97. The van der Waals surface area contributed by atoms with Gasteiger partial charge in [0.05, 0.1) is 22.5 Å². The molecular weight excluding hydrogens is 330 g/mol. The fourth-order valence-electron chi connectivity index (χ4n) is 2.73. The number of hydrogen-bond donors (Lipinski definition) is 2. The van der Waals surface area contributed by atoms with Crippen molar-refractivity contribution in [2.75, 3.05) is 19.6 Å². The number of aromatic amines is 2. The van der Waals surface area contributed by atoms with Gasteiger partial charge in [0.15, 0.2) is 0 Å². The standard InChI is InChI=1S/C15H15N5O5/c21-12-2-1-4-19(12)5-3-16-8-9-6-10(20(24)25)7-11-13(9)18-15(23)14(22)17-11/h6-8H,1-5H2,(H,17,22)(H,18,23). The maximum absolute atomic E-state index is 11.5. The Kier molecular flexibility index (Phi) is 4.42. The van der Waals surface area contributed by atoms with Gasteiger partial charge in [-0.05, 0) is 6.42 Å². The number of fused-ring (bicyclic) bond motifs is 1. The molecule has 0 spiro atoms. The van der Waals surface area contributed by atoms with E-state index < -0.39 is 16.0 Å². The number of nitrogens with zero attached hydrogens (tertiary/aromatic N) is 3. The van der Waals surface area contributed by atoms with E-state index in [0.717, 1.165) is 6.42 Å². The van der Waals surface area contributed by atoms with Crippen LogP contribution >= 0.6 is 0 Å². The summed E-state index contributed by atoms with van der Waals surface area (Å²) in [5, 5.41) is 11.0. The third-order valence-electron chi connectivity index (χ3n) is 3.96. The van der Waals surface area contributed by atoms with Crippen molar-refractivity contribution in [1.82, 2.24) is 14.9 Å². The van der Waals surface area contributed by atoms with Crippen LogP contribution in [-0.2, 0) is 4.79 Å². The van der Waals surface area contributed by atoms with E-state index in [1.165, 1.54) is 18.3 Å². The predicted molar refractivity (Wildman–Crippen MR) is 90.1 cm³/mol. The zero-order valence-electron chi connectivity index (χ0n) is 13.2. The molecule has 3 rings (SSSR count). The Hall–Kier alpha value is -3.30. The second kappa shape index (κ2) is 6.67. The number of H-pyrrole nitrogens is 2. The molecule has 2 N–H and O–H groups in total. The Morgan fingerprint density at radius 2 is 2.00 bits per heavy atom. The van der Waals surface area contributed by atoms with Crippen molar-refractivity contribution in [3.63, 3.8) is 0 Å². The van der Waals surface area contributed by atoms with Crippen LogP contribution in [0, 0.1) is 10.1 Å². The SMILES string of the molecule is O=C1CCCN1CCN=Cc1cc([N+](=O)[O-])cc2[nH]c(=O)c(=O)[nH]c12. The maximum atomic E-state index is 11.5. The van der Waals surface area contributed by atoms with Crippen LogP contribution in [0.1, 0.15) is 18.4 Å². The topological polar surface area (TPSA) is 142 Å².